The molecule has 0 saturated carbocycles. The van der Waals surface area contributed by atoms with Gasteiger partial charge in [-0.25, -0.2) is 0 Å². The van der Waals surface area contributed by atoms with Crippen LogP contribution in [0.25, 0.3) is 0 Å². The Morgan fingerprint density at radius 3 is 2.53 bits per heavy atom. The number of aryl methyl sites for hydroxylation is 2. The van der Waals surface area contributed by atoms with Crippen molar-refractivity contribution < 1.29 is 4.74 Å². The molecule has 3 nitrogen and oxygen atoms in total. The number of hydrogen-bond donors (Lipinski definition) is 1. The summed E-state index contributed by atoms with van der Waals surface area (Å²) in [7, 11) is 1.94. The number of ether oxygens (including phenoxy) is 1. The van der Waals surface area contributed by atoms with Crippen LogP contribution in [-0.4, -0.2) is 22.1 Å². The highest BCUT2D eigenvalue weighted by atomic mass is 32.1. The summed E-state index contributed by atoms with van der Waals surface area (Å²) in [5.41, 5.74) is 2.07. The molecule has 0 aliphatic rings. The number of rotatable bonds is 6. The maximum atomic E-state index is 5.73. The van der Waals surface area contributed by atoms with Crippen LogP contribution in [0.4, 0.5) is 0 Å². The van der Waals surface area contributed by atoms with Crippen molar-refractivity contribution in [1.82, 2.24) is 9.78 Å². The van der Waals surface area contributed by atoms with Crippen LogP contribution >= 0.6 is 12.6 Å². The second-order valence-corrected chi connectivity index (χ2v) is 4.20. The summed E-state index contributed by atoms with van der Waals surface area (Å²) in [4.78, 5) is 0. The maximum absolute atomic E-state index is 5.73. The molecule has 0 aromatic carbocycles. The van der Waals surface area contributed by atoms with Gasteiger partial charge in [0, 0.05) is 7.05 Å². The monoisotopic (exact) mass is 228 g/mol. The molecule has 0 fully saturated rings. The lowest BCUT2D eigenvalue weighted by molar-refractivity contribution is 0.302. The van der Waals surface area contributed by atoms with Gasteiger partial charge in [0.25, 0.3) is 0 Å². The molecule has 0 spiro atoms. The molecule has 1 rings (SSSR count). The van der Waals surface area contributed by atoms with E-state index < -0.39 is 0 Å². The first kappa shape index (κ1) is 12.4. The van der Waals surface area contributed by atoms with Crippen LogP contribution in [0.1, 0.15) is 30.7 Å². The Bertz CT molecular complexity index is 310. The fraction of sp³-hybridized carbons (Fsp3) is 0.727. The minimum Gasteiger partial charge on any atom is -0.490 e. The van der Waals surface area contributed by atoms with E-state index in [0.717, 1.165) is 42.3 Å². The molecule has 4 heteroatoms. The van der Waals surface area contributed by atoms with E-state index in [2.05, 4.69) is 17.7 Å². The van der Waals surface area contributed by atoms with E-state index in [1.54, 1.807) is 0 Å². The summed E-state index contributed by atoms with van der Waals surface area (Å²) in [6.07, 6.45) is 3.44. The van der Waals surface area contributed by atoms with Crippen molar-refractivity contribution >= 4 is 12.6 Å². The molecule has 0 bridgehead atoms. The SMILES string of the molecule is Cc1nn(C)c(C)c1OCCCCCS. The van der Waals surface area contributed by atoms with Crippen LogP contribution in [0, 0.1) is 13.8 Å². The summed E-state index contributed by atoms with van der Waals surface area (Å²) in [6, 6.07) is 0. The number of aromatic nitrogens is 2. The van der Waals surface area contributed by atoms with Crippen molar-refractivity contribution in [3.8, 4) is 5.75 Å². The van der Waals surface area contributed by atoms with Gasteiger partial charge in [0.1, 0.15) is 5.69 Å². The van der Waals surface area contributed by atoms with Crippen molar-refractivity contribution in [1.29, 1.82) is 0 Å². The van der Waals surface area contributed by atoms with Crippen LogP contribution < -0.4 is 4.74 Å². The summed E-state index contributed by atoms with van der Waals surface area (Å²) in [6.45, 7) is 4.79. The quantitative estimate of drug-likeness (QED) is 0.598. The number of nitrogens with zero attached hydrogens (tertiary/aromatic N) is 2. The van der Waals surface area contributed by atoms with Crippen molar-refractivity contribution in [2.24, 2.45) is 7.05 Å². The summed E-state index contributed by atoms with van der Waals surface area (Å²) < 4.78 is 7.59. The molecule has 1 aromatic heterocycles. The van der Waals surface area contributed by atoms with Crippen molar-refractivity contribution in [2.75, 3.05) is 12.4 Å². The van der Waals surface area contributed by atoms with Crippen LogP contribution in [0.5, 0.6) is 5.75 Å². The molecule has 0 aliphatic carbocycles. The van der Waals surface area contributed by atoms with Crippen LogP contribution in [-0.2, 0) is 7.05 Å². The third-order valence-electron chi connectivity index (χ3n) is 2.49. The summed E-state index contributed by atoms with van der Waals surface area (Å²) >= 11 is 4.17. The first-order valence-electron chi connectivity index (χ1n) is 5.40. The van der Waals surface area contributed by atoms with Crippen LogP contribution in [0.2, 0.25) is 0 Å². The van der Waals surface area contributed by atoms with Gasteiger partial charge in [-0.15, -0.1) is 0 Å². The molecule has 1 aromatic rings. The normalized spacial score (nSPS) is 10.7. The van der Waals surface area contributed by atoms with Gasteiger partial charge in [-0.1, -0.05) is 0 Å². The minimum atomic E-state index is 0.779. The molecule has 86 valence electrons. The Hall–Kier alpha value is -0.640. The lowest BCUT2D eigenvalue weighted by Crippen LogP contribution is -1.99. The fourth-order valence-corrected chi connectivity index (χ4v) is 1.75. The lowest BCUT2D eigenvalue weighted by atomic mass is 10.2. The van der Waals surface area contributed by atoms with Gasteiger partial charge in [0.05, 0.1) is 12.3 Å². The molecule has 0 unspecified atom stereocenters. The van der Waals surface area contributed by atoms with E-state index in [0.29, 0.717) is 0 Å². The molecule has 15 heavy (non-hydrogen) atoms. The van der Waals surface area contributed by atoms with Crippen LogP contribution in [0.3, 0.4) is 0 Å². The van der Waals surface area contributed by atoms with E-state index in [1.165, 1.54) is 6.42 Å². The van der Waals surface area contributed by atoms with Crippen LogP contribution in [0.15, 0.2) is 0 Å². The van der Waals surface area contributed by atoms with Gasteiger partial charge in [-0.3, -0.25) is 4.68 Å². The molecule has 1 heterocycles. The fourth-order valence-electron chi connectivity index (χ4n) is 1.53. The van der Waals surface area contributed by atoms with Crippen molar-refractivity contribution in [3.05, 3.63) is 11.4 Å². The predicted molar refractivity (Wildman–Crippen MR) is 65.9 cm³/mol. The zero-order chi connectivity index (χ0) is 11.3. The highest BCUT2D eigenvalue weighted by Gasteiger charge is 2.09. The lowest BCUT2D eigenvalue weighted by Gasteiger charge is -2.05. The second kappa shape index (κ2) is 6.05. The van der Waals surface area contributed by atoms with Gasteiger partial charge in [0.2, 0.25) is 0 Å². The zero-order valence-corrected chi connectivity index (χ0v) is 10.7. The third-order valence-corrected chi connectivity index (χ3v) is 2.81. The molecular formula is C11H20N2OS. The number of hydrogen-bond acceptors (Lipinski definition) is 3. The topological polar surface area (TPSA) is 27.1 Å². The van der Waals surface area contributed by atoms with Gasteiger partial charge in [0.15, 0.2) is 5.75 Å². The number of thiol groups is 1. The zero-order valence-electron chi connectivity index (χ0n) is 9.79. The molecule has 0 radical (unpaired) electrons. The molecular weight excluding hydrogens is 208 g/mol. The van der Waals surface area contributed by atoms with Gasteiger partial charge in [-0.2, -0.15) is 17.7 Å². The highest BCUT2D eigenvalue weighted by Crippen LogP contribution is 2.21. The minimum absolute atomic E-state index is 0.779. The molecule has 0 atom stereocenters. The molecule has 0 aliphatic heterocycles. The first-order chi connectivity index (χ1) is 7.16. The summed E-state index contributed by atoms with van der Waals surface area (Å²) in [5.74, 6) is 1.91. The maximum Gasteiger partial charge on any atom is 0.162 e. The Morgan fingerprint density at radius 1 is 1.27 bits per heavy atom. The van der Waals surface area contributed by atoms with Gasteiger partial charge >= 0.3 is 0 Å². The average molecular weight is 228 g/mol. The van der Waals surface area contributed by atoms with E-state index >= 15 is 0 Å². The Kier molecular flexibility index (Phi) is 5.02. The van der Waals surface area contributed by atoms with Crippen molar-refractivity contribution in [2.45, 2.75) is 33.1 Å². The Balaban J connectivity index is 2.37. The largest absolute Gasteiger partial charge is 0.490 e. The number of unbranched alkanes of at least 4 members (excludes halogenated alkanes) is 2. The van der Waals surface area contributed by atoms with Gasteiger partial charge < -0.3 is 4.74 Å². The molecule has 0 N–H and O–H groups in total. The van der Waals surface area contributed by atoms with E-state index in [9.17, 15) is 0 Å². The third kappa shape index (κ3) is 3.45. The molecule has 0 saturated heterocycles. The summed E-state index contributed by atoms with van der Waals surface area (Å²) in [5, 5.41) is 4.31. The van der Waals surface area contributed by atoms with Gasteiger partial charge in [-0.05, 0) is 38.9 Å². The molecule has 0 amide bonds. The highest BCUT2D eigenvalue weighted by molar-refractivity contribution is 7.80. The van der Waals surface area contributed by atoms with E-state index in [4.69, 9.17) is 4.74 Å². The average Bonchev–Trinajstić information content (AvgIpc) is 2.44. The smallest absolute Gasteiger partial charge is 0.162 e. The Labute approximate surface area is 97.2 Å². The van der Waals surface area contributed by atoms with E-state index in [-0.39, 0.29) is 0 Å². The van der Waals surface area contributed by atoms with E-state index in [1.807, 2.05) is 25.6 Å². The van der Waals surface area contributed by atoms with Crippen molar-refractivity contribution in [3.63, 3.8) is 0 Å². The standard InChI is InChI=1S/C11H20N2OS/c1-9-11(10(2)13(3)12-9)14-7-5-4-6-8-15/h15H,4-8H2,1-3H3. The Morgan fingerprint density at radius 2 is 2.00 bits per heavy atom. The second-order valence-electron chi connectivity index (χ2n) is 3.76. The first-order valence-corrected chi connectivity index (χ1v) is 6.04. The predicted octanol–water partition coefficient (Wildman–Crippen LogP) is 2.52.